The van der Waals surface area contributed by atoms with Crippen LogP contribution in [-0.4, -0.2) is 28.6 Å². The molecule has 1 atom stereocenters. The molecule has 0 saturated carbocycles. The van der Waals surface area contributed by atoms with Crippen molar-refractivity contribution in [2.75, 3.05) is 6.54 Å². The summed E-state index contributed by atoms with van der Waals surface area (Å²) < 4.78 is 0. The summed E-state index contributed by atoms with van der Waals surface area (Å²) in [6, 6.07) is 6.68. The van der Waals surface area contributed by atoms with Gasteiger partial charge in [-0.1, -0.05) is 26.0 Å². The van der Waals surface area contributed by atoms with Gasteiger partial charge in [-0.25, -0.2) is 0 Å². The lowest BCUT2D eigenvalue weighted by molar-refractivity contribution is -0.138. The minimum absolute atomic E-state index is 0.0575. The third-order valence-electron chi connectivity index (χ3n) is 3.22. The molecule has 1 aromatic carbocycles. The number of hydrogen-bond donors (Lipinski definition) is 3. The molecular weight excluding hydrogens is 270 g/mol. The molecule has 5 nitrogen and oxygen atoms in total. The second-order valence-electron chi connectivity index (χ2n) is 5.66. The predicted molar refractivity (Wildman–Crippen MR) is 79.9 cm³/mol. The van der Waals surface area contributed by atoms with Crippen molar-refractivity contribution in [2.45, 2.75) is 33.3 Å². The van der Waals surface area contributed by atoms with Crippen molar-refractivity contribution < 1.29 is 19.8 Å². The van der Waals surface area contributed by atoms with E-state index in [4.69, 9.17) is 10.2 Å². The highest BCUT2D eigenvalue weighted by molar-refractivity contribution is 5.94. The Morgan fingerprint density at radius 2 is 1.81 bits per heavy atom. The van der Waals surface area contributed by atoms with E-state index in [0.29, 0.717) is 18.0 Å². The lowest BCUT2D eigenvalue weighted by atomic mass is 9.94. The first-order valence-electron chi connectivity index (χ1n) is 7.12. The number of aliphatic hydroxyl groups is 1. The van der Waals surface area contributed by atoms with Crippen LogP contribution in [0.3, 0.4) is 0 Å². The van der Waals surface area contributed by atoms with Crippen LogP contribution in [0.2, 0.25) is 0 Å². The summed E-state index contributed by atoms with van der Waals surface area (Å²) in [5.74, 6) is -0.751. The number of carboxylic acid groups (broad SMARTS) is 1. The molecule has 3 N–H and O–H groups in total. The van der Waals surface area contributed by atoms with Gasteiger partial charge >= 0.3 is 5.97 Å². The number of carbonyl (C=O) groups excluding carboxylic acids is 1. The minimum atomic E-state index is -0.845. The third-order valence-corrected chi connectivity index (χ3v) is 3.22. The van der Waals surface area contributed by atoms with Gasteiger partial charge in [0.25, 0.3) is 5.91 Å². The molecule has 1 aromatic rings. The number of hydrogen-bond acceptors (Lipinski definition) is 3. The molecule has 0 aliphatic rings. The van der Waals surface area contributed by atoms with E-state index in [1.165, 1.54) is 0 Å². The summed E-state index contributed by atoms with van der Waals surface area (Å²) in [5, 5.41) is 20.6. The monoisotopic (exact) mass is 293 g/mol. The van der Waals surface area contributed by atoms with E-state index < -0.39 is 5.97 Å². The summed E-state index contributed by atoms with van der Waals surface area (Å²) in [4.78, 5) is 22.8. The number of carbonyl (C=O) groups is 2. The second kappa shape index (κ2) is 8.42. The number of rotatable bonds is 8. The van der Waals surface area contributed by atoms with Crippen LogP contribution < -0.4 is 5.32 Å². The lowest BCUT2D eigenvalue weighted by Gasteiger charge is -2.17. The molecule has 1 amide bonds. The van der Waals surface area contributed by atoms with E-state index >= 15 is 0 Å². The van der Waals surface area contributed by atoms with Crippen LogP contribution in [0, 0.1) is 11.8 Å². The van der Waals surface area contributed by atoms with Crippen LogP contribution in [0.5, 0.6) is 0 Å². The van der Waals surface area contributed by atoms with Crippen molar-refractivity contribution in [3.8, 4) is 0 Å². The SMILES string of the molecule is CC(C)CC(CNC(=O)c1ccc(CO)cc1)CC(=O)O. The Bertz CT molecular complexity index is 468. The maximum Gasteiger partial charge on any atom is 0.303 e. The van der Waals surface area contributed by atoms with Crippen molar-refractivity contribution in [1.29, 1.82) is 0 Å². The van der Waals surface area contributed by atoms with Crippen LogP contribution in [0.1, 0.15) is 42.6 Å². The topological polar surface area (TPSA) is 86.6 Å². The van der Waals surface area contributed by atoms with Gasteiger partial charge in [0.1, 0.15) is 0 Å². The van der Waals surface area contributed by atoms with Gasteiger partial charge in [-0.3, -0.25) is 9.59 Å². The normalized spacial score (nSPS) is 12.2. The van der Waals surface area contributed by atoms with Crippen LogP contribution in [0.15, 0.2) is 24.3 Å². The Morgan fingerprint density at radius 1 is 1.19 bits per heavy atom. The summed E-state index contributed by atoms with van der Waals surface area (Å²) in [6.07, 6.45) is 0.817. The molecule has 0 saturated heterocycles. The van der Waals surface area contributed by atoms with E-state index in [9.17, 15) is 9.59 Å². The van der Waals surface area contributed by atoms with Gasteiger partial charge in [0, 0.05) is 18.5 Å². The summed E-state index contributed by atoms with van der Waals surface area (Å²) in [6.45, 7) is 4.36. The van der Waals surface area contributed by atoms with E-state index in [0.717, 1.165) is 12.0 Å². The number of benzene rings is 1. The summed E-state index contributed by atoms with van der Waals surface area (Å²) in [5.41, 5.74) is 1.25. The number of carboxylic acids is 1. The number of nitrogens with one attached hydrogen (secondary N) is 1. The molecule has 0 spiro atoms. The van der Waals surface area contributed by atoms with Crippen molar-refractivity contribution >= 4 is 11.9 Å². The van der Waals surface area contributed by atoms with Crippen LogP contribution in [-0.2, 0) is 11.4 Å². The Balaban J connectivity index is 2.56. The maximum atomic E-state index is 12.0. The van der Waals surface area contributed by atoms with E-state index in [1.54, 1.807) is 24.3 Å². The number of aliphatic hydroxyl groups excluding tert-OH is 1. The highest BCUT2D eigenvalue weighted by atomic mass is 16.4. The van der Waals surface area contributed by atoms with Gasteiger partial charge in [0.05, 0.1) is 6.61 Å². The van der Waals surface area contributed by atoms with Crippen LogP contribution in [0.25, 0.3) is 0 Å². The first kappa shape index (κ1) is 17.2. The smallest absolute Gasteiger partial charge is 0.303 e. The van der Waals surface area contributed by atoms with Gasteiger partial charge in [-0.2, -0.15) is 0 Å². The Kier molecular flexibility index (Phi) is 6.88. The van der Waals surface area contributed by atoms with E-state index in [2.05, 4.69) is 5.32 Å². The quantitative estimate of drug-likeness (QED) is 0.684. The largest absolute Gasteiger partial charge is 0.481 e. The highest BCUT2D eigenvalue weighted by Gasteiger charge is 2.16. The molecule has 0 heterocycles. The van der Waals surface area contributed by atoms with Crippen molar-refractivity contribution in [1.82, 2.24) is 5.32 Å². The van der Waals surface area contributed by atoms with Gasteiger partial charge in [-0.05, 0) is 36.0 Å². The molecule has 1 unspecified atom stereocenters. The molecule has 0 radical (unpaired) electrons. The van der Waals surface area contributed by atoms with E-state index in [1.807, 2.05) is 13.8 Å². The fraction of sp³-hybridized carbons (Fsp3) is 0.500. The molecule has 5 heteroatoms. The van der Waals surface area contributed by atoms with Crippen molar-refractivity contribution in [3.05, 3.63) is 35.4 Å². The van der Waals surface area contributed by atoms with Crippen molar-refractivity contribution in [3.63, 3.8) is 0 Å². The fourth-order valence-electron chi connectivity index (χ4n) is 2.25. The van der Waals surface area contributed by atoms with Gasteiger partial charge < -0.3 is 15.5 Å². The van der Waals surface area contributed by atoms with Gasteiger partial charge in [-0.15, -0.1) is 0 Å². The maximum absolute atomic E-state index is 12.0. The molecule has 0 aliphatic carbocycles. The van der Waals surface area contributed by atoms with Gasteiger partial charge in [0.2, 0.25) is 0 Å². The summed E-state index contributed by atoms with van der Waals surface area (Å²) >= 11 is 0. The average Bonchev–Trinajstić information content (AvgIpc) is 2.43. The zero-order valence-electron chi connectivity index (χ0n) is 12.5. The fourth-order valence-corrected chi connectivity index (χ4v) is 2.25. The molecular formula is C16H23NO4. The first-order valence-corrected chi connectivity index (χ1v) is 7.12. The number of aliphatic carboxylic acids is 1. The molecule has 0 aliphatic heterocycles. The molecule has 1 rings (SSSR count). The van der Waals surface area contributed by atoms with Crippen LogP contribution >= 0.6 is 0 Å². The molecule has 0 bridgehead atoms. The van der Waals surface area contributed by atoms with Crippen LogP contribution in [0.4, 0.5) is 0 Å². The first-order chi connectivity index (χ1) is 9.92. The van der Waals surface area contributed by atoms with E-state index in [-0.39, 0.29) is 24.9 Å². The zero-order valence-corrected chi connectivity index (χ0v) is 12.5. The average molecular weight is 293 g/mol. The predicted octanol–water partition coefficient (Wildman–Crippen LogP) is 2.05. The Labute approximate surface area is 125 Å². The molecule has 0 fully saturated rings. The Morgan fingerprint density at radius 3 is 2.29 bits per heavy atom. The standard InChI is InChI=1S/C16H23NO4/c1-11(2)7-13(8-15(19)20)9-17-16(21)14-5-3-12(10-18)4-6-14/h3-6,11,13,18H,7-10H2,1-2H3,(H,17,21)(H,19,20). The second-order valence-corrected chi connectivity index (χ2v) is 5.66. The lowest BCUT2D eigenvalue weighted by Crippen LogP contribution is -2.31. The molecule has 21 heavy (non-hydrogen) atoms. The highest BCUT2D eigenvalue weighted by Crippen LogP contribution is 2.15. The Hall–Kier alpha value is -1.88. The number of amides is 1. The third kappa shape index (κ3) is 6.40. The zero-order chi connectivity index (χ0) is 15.8. The van der Waals surface area contributed by atoms with Gasteiger partial charge in [0.15, 0.2) is 0 Å². The summed E-state index contributed by atoms with van der Waals surface area (Å²) in [7, 11) is 0. The molecule has 116 valence electrons. The van der Waals surface area contributed by atoms with Crippen molar-refractivity contribution in [2.24, 2.45) is 11.8 Å². The molecule has 0 aromatic heterocycles. The minimum Gasteiger partial charge on any atom is -0.481 e.